The highest BCUT2D eigenvalue weighted by Crippen LogP contribution is 2.18. The van der Waals surface area contributed by atoms with E-state index in [2.05, 4.69) is 11.6 Å². The number of pyridine rings is 1. The summed E-state index contributed by atoms with van der Waals surface area (Å²) in [5.41, 5.74) is 14.9. The lowest BCUT2D eigenvalue weighted by atomic mass is 10.2. The van der Waals surface area contributed by atoms with Crippen LogP contribution in [0.15, 0.2) is 89.6 Å². The van der Waals surface area contributed by atoms with E-state index in [1.165, 1.54) is 0 Å². The number of aromatic nitrogens is 1. The van der Waals surface area contributed by atoms with Crippen molar-refractivity contribution in [1.82, 2.24) is 9.99 Å². The molecule has 0 amide bonds. The molecule has 0 aliphatic heterocycles. The first-order valence-electron chi connectivity index (χ1n) is 8.86. The number of anilines is 2. The fraction of sp³-hybridized carbons (Fsp3) is 0.136. The average molecular weight is 377 g/mol. The SMILES string of the molecule is C=CN(c1ccccc1)N(C)/C(C)=C(\C)N.Nc1cc2ccccc2[nH]c1=O. The minimum atomic E-state index is -0.228. The van der Waals surface area contributed by atoms with Gasteiger partial charge in [-0.1, -0.05) is 43.0 Å². The van der Waals surface area contributed by atoms with Gasteiger partial charge in [-0.05, 0) is 38.1 Å². The van der Waals surface area contributed by atoms with E-state index in [1.807, 2.05) is 85.5 Å². The number of nitrogens with two attached hydrogens (primary N) is 2. The average Bonchev–Trinajstić information content (AvgIpc) is 2.70. The van der Waals surface area contributed by atoms with Gasteiger partial charge in [0.1, 0.15) is 0 Å². The van der Waals surface area contributed by atoms with Crippen molar-refractivity contribution in [3.63, 3.8) is 0 Å². The van der Waals surface area contributed by atoms with Gasteiger partial charge in [0.05, 0.1) is 17.1 Å². The molecule has 3 aromatic rings. The van der Waals surface area contributed by atoms with Crippen LogP contribution >= 0.6 is 0 Å². The van der Waals surface area contributed by atoms with E-state index in [9.17, 15) is 4.79 Å². The number of H-pyrrole nitrogens is 1. The molecule has 0 unspecified atom stereocenters. The summed E-state index contributed by atoms with van der Waals surface area (Å²) in [6, 6.07) is 19.2. The Bertz CT molecular complexity index is 1020. The van der Waals surface area contributed by atoms with E-state index in [1.54, 1.807) is 12.3 Å². The third-order valence-electron chi connectivity index (χ3n) is 4.36. The van der Waals surface area contributed by atoms with Gasteiger partial charge in [-0.3, -0.25) is 14.8 Å². The Kier molecular flexibility index (Phi) is 6.87. The third-order valence-corrected chi connectivity index (χ3v) is 4.36. The number of hydrogen-bond acceptors (Lipinski definition) is 5. The van der Waals surface area contributed by atoms with Gasteiger partial charge < -0.3 is 16.5 Å². The number of fused-ring (bicyclic) bond motifs is 1. The number of hydrazine groups is 1. The van der Waals surface area contributed by atoms with E-state index < -0.39 is 0 Å². The van der Waals surface area contributed by atoms with Crippen molar-refractivity contribution >= 4 is 22.3 Å². The molecule has 28 heavy (non-hydrogen) atoms. The first kappa shape index (κ1) is 20.6. The maximum Gasteiger partial charge on any atom is 0.271 e. The summed E-state index contributed by atoms with van der Waals surface area (Å²) in [6.07, 6.45) is 1.77. The predicted molar refractivity (Wildman–Crippen MR) is 118 cm³/mol. The smallest absolute Gasteiger partial charge is 0.271 e. The molecule has 0 spiro atoms. The molecule has 0 bridgehead atoms. The molecule has 146 valence electrons. The number of aromatic amines is 1. The van der Waals surface area contributed by atoms with Crippen molar-refractivity contribution in [1.29, 1.82) is 0 Å². The standard InChI is InChI=1S/C13H19N3.C9H8N2O/c1-5-16(13-9-7-6-8-10-13)15(4)12(3)11(2)14;10-7-5-6-3-1-2-4-8(6)11-9(7)12/h5-10H,1,14H2,2-4H3;1-5H,10H2,(H,11,12)/b12-11+;. The zero-order chi connectivity index (χ0) is 20.7. The Morgan fingerprint density at radius 1 is 1.07 bits per heavy atom. The lowest BCUT2D eigenvalue weighted by Crippen LogP contribution is -2.35. The normalized spacial score (nSPS) is 11.1. The second kappa shape index (κ2) is 9.32. The van der Waals surface area contributed by atoms with E-state index >= 15 is 0 Å². The summed E-state index contributed by atoms with van der Waals surface area (Å²) in [5, 5.41) is 4.87. The molecule has 1 aromatic heterocycles. The van der Waals surface area contributed by atoms with Crippen molar-refractivity contribution in [3.8, 4) is 0 Å². The summed E-state index contributed by atoms with van der Waals surface area (Å²) in [7, 11) is 1.96. The molecule has 6 heteroatoms. The predicted octanol–water partition coefficient (Wildman–Crippen LogP) is 3.80. The second-order valence-corrected chi connectivity index (χ2v) is 6.30. The van der Waals surface area contributed by atoms with Crippen molar-refractivity contribution in [2.45, 2.75) is 13.8 Å². The van der Waals surface area contributed by atoms with Gasteiger partial charge in [-0.2, -0.15) is 0 Å². The molecule has 0 aliphatic carbocycles. The molecule has 0 radical (unpaired) electrons. The quantitative estimate of drug-likeness (QED) is 0.602. The molecule has 0 saturated carbocycles. The Morgan fingerprint density at radius 3 is 2.29 bits per heavy atom. The summed E-state index contributed by atoms with van der Waals surface area (Å²) in [4.78, 5) is 13.7. The molecule has 3 rings (SSSR count). The molecule has 6 nitrogen and oxygen atoms in total. The Balaban J connectivity index is 0.000000207. The number of allylic oxidation sites excluding steroid dienone is 2. The number of para-hydroxylation sites is 2. The van der Waals surface area contributed by atoms with Gasteiger partial charge >= 0.3 is 0 Å². The van der Waals surface area contributed by atoms with Crippen LogP contribution in [0.5, 0.6) is 0 Å². The molecule has 0 fully saturated rings. The summed E-state index contributed by atoms with van der Waals surface area (Å²) < 4.78 is 0. The Hall–Kier alpha value is -3.67. The van der Waals surface area contributed by atoms with Gasteiger partial charge in [0, 0.05) is 29.8 Å². The maximum absolute atomic E-state index is 11.1. The molecule has 2 aromatic carbocycles. The topological polar surface area (TPSA) is 91.4 Å². The fourth-order valence-corrected chi connectivity index (χ4v) is 2.56. The Labute approximate surface area is 165 Å². The van der Waals surface area contributed by atoms with Gasteiger partial charge in [-0.15, -0.1) is 0 Å². The summed E-state index contributed by atoms with van der Waals surface area (Å²) in [5.74, 6) is 0. The van der Waals surface area contributed by atoms with E-state index in [0.29, 0.717) is 0 Å². The van der Waals surface area contributed by atoms with Crippen LogP contribution in [0.4, 0.5) is 11.4 Å². The van der Waals surface area contributed by atoms with Gasteiger partial charge in [0.15, 0.2) is 0 Å². The van der Waals surface area contributed by atoms with Gasteiger partial charge in [0.2, 0.25) is 0 Å². The Morgan fingerprint density at radius 2 is 1.68 bits per heavy atom. The number of hydrogen-bond donors (Lipinski definition) is 3. The lowest BCUT2D eigenvalue weighted by Gasteiger charge is -2.33. The van der Waals surface area contributed by atoms with Crippen molar-refractivity contribution in [2.24, 2.45) is 5.73 Å². The number of rotatable bonds is 4. The molecule has 0 atom stereocenters. The monoisotopic (exact) mass is 377 g/mol. The number of nitrogens with zero attached hydrogens (tertiary/aromatic N) is 2. The highest BCUT2D eigenvalue weighted by Gasteiger charge is 2.10. The second-order valence-electron chi connectivity index (χ2n) is 6.30. The molecule has 0 aliphatic rings. The fourth-order valence-electron chi connectivity index (χ4n) is 2.56. The maximum atomic E-state index is 11.1. The lowest BCUT2D eigenvalue weighted by molar-refractivity contribution is 0.418. The van der Waals surface area contributed by atoms with Crippen LogP contribution in [0.25, 0.3) is 10.9 Å². The van der Waals surface area contributed by atoms with Crippen LogP contribution in [-0.4, -0.2) is 17.0 Å². The van der Waals surface area contributed by atoms with Crippen molar-refractivity contribution in [2.75, 3.05) is 17.8 Å². The first-order valence-corrected chi connectivity index (χ1v) is 8.86. The van der Waals surface area contributed by atoms with Crippen LogP contribution in [0.1, 0.15) is 13.8 Å². The number of benzene rings is 2. The summed E-state index contributed by atoms with van der Waals surface area (Å²) in [6.45, 7) is 7.69. The molecule has 0 saturated heterocycles. The summed E-state index contributed by atoms with van der Waals surface area (Å²) >= 11 is 0. The molecular weight excluding hydrogens is 350 g/mol. The van der Waals surface area contributed by atoms with Crippen LogP contribution in [0.2, 0.25) is 0 Å². The van der Waals surface area contributed by atoms with E-state index in [0.717, 1.165) is 28.0 Å². The first-order chi connectivity index (χ1) is 13.3. The van der Waals surface area contributed by atoms with Crippen LogP contribution in [0.3, 0.4) is 0 Å². The van der Waals surface area contributed by atoms with E-state index in [4.69, 9.17) is 11.5 Å². The van der Waals surface area contributed by atoms with Crippen LogP contribution in [0, 0.1) is 0 Å². The van der Waals surface area contributed by atoms with Crippen LogP contribution in [-0.2, 0) is 0 Å². The molecule has 5 N–H and O–H groups in total. The van der Waals surface area contributed by atoms with Crippen LogP contribution < -0.4 is 22.0 Å². The highest BCUT2D eigenvalue weighted by molar-refractivity contribution is 5.80. The van der Waals surface area contributed by atoms with E-state index in [-0.39, 0.29) is 11.2 Å². The zero-order valence-electron chi connectivity index (χ0n) is 16.5. The largest absolute Gasteiger partial charge is 0.401 e. The molecular formula is C22H27N5O. The number of nitrogen functional groups attached to an aromatic ring is 1. The molecule has 1 heterocycles. The highest BCUT2D eigenvalue weighted by atomic mass is 16.1. The minimum Gasteiger partial charge on any atom is -0.401 e. The third kappa shape index (κ3) is 4.94. The zero-order valence-corrected chi connectivity index (χ0v) is 16.5. The van der Waals surface area contributed by atoms with Crippen molar-refractivity contribution in [3.05, 3.63) is 95.2 Å². The van der Waals surface area contributed by atoms with Gasteiger partial charge in [-0.25, -0.2) is 0 Å². The number of nitrogens with one attached hydrogen (secondary N) is 1. The minimum absolute atomic E-state index is 0.228. The van der Waals surface area contributed by atoms with Crippen molar-refractivity contribution < 1.29 is 0 Å². The van der Waals surface area contributed by atoms with Gasteiger partial charge in [0.25, 0.3) is 5.56 Å².